The zero-order chi connectivity index (χ0) is 15.4. The topological polar surface area (TPSA) is 67.0 Å². The van der Waals surface area contributed by atoms with Gasteiger partial charge in [0, 0.05) is 12.0 Å². The molecule has 1 fully saturated rings. The van der Waals surface area contributed by atoms with E-state index in [0.29, 0.717) is 11.7 Å². The van der Waals surface area contributed by atoms with Crippen LogP contribution in [0, 0.1) is 6.92 Å². The molecule has 0 saturated carbocycles. The lowest BCUT2D eigenvalue weighted by atomic mass is 9.94. The van der Waals surface area contributed by atoms with E-state index >= 15 is 0 Å². The van der Waals surface area contributed by atoms with Crippen LogP contribution < -0.4 is 15.6 Å². The van der Waals surface area contributed by atoms with Gasteiger partial charge in [-0.2, -0.15) is 0 Å². The minimum absolute atomic E-state index is 0.105. The molecule has 22 heavy (non-hydrogen) atoms. The Balaban J connectivity index is 1.75. The van der Waals surface area contributed by atoms with Crippen molar-refractivity contribution in [3.05, 3.63) is 57.8 Å². The van der Waals surface area contributed by atoms with E-state index in [4.69, 9.17) is 4.74 Å². The number of ether oxygens (including phenoxy) is 1. The third-order valence-corrected chi connectivity index (χ3v) is 4.03. The maximum absolute atomic E-state index is 11.9. The van der Waals surface area contributed by atoms with Crippen LogP contribution in [-0.2, 0) is 6.61 Å². The Labute approximate surface area is 129 Å². The van der Waals surface area contributed by atoms with Crippen molar-refractivity contribution in [2.45, 2.75) is 32.3 Å². The first-order valence-electron chi connectivity index (χ1n) is 7.71. The number of piperidine rings is 1. The zero-order valence-electron chi connectivity index (χ0n) is 12.8. The summed E-state index contributed by atoms with van der Waals surface area (Å²) in [6, 6.07) is 9.44. The first-order valence-corrected chi connectivity index (χ1v) is 7.71. The lowest BCUT2D eigenvalue weighted by molar-refractivity contribution is 0.292. The normalized spacial score (nSPS) is 15.7. The molecule has 1 aromatic heterocycles. The number of benzene rings is 1. The van der Waals surface area contributed by atoms with Crippen molar-refractivity contribution in [1.82, 2.24) is 15.3 Å². The highest BCUT2D eigenvalue weighted by Crippen LogP contribution is 2.22. The quantitative estimate of drug-likeness (QED) is 0.907. The Hall–Kier alpha value is -2.14. The van der Waals surface area contributed by atoms with E-state index in [1.54, 1.807) is 6.07 Å². The monoisotopic (exact) mass is 299 g/mol. The second kappa shape index (κ2) is 6.75. The molecular weight excluding hydrogens is 278 g/mol. The number of nitrogens with zero attached hydrogens (tertiary/aromatic N) is 1. The molecule has 0 spiro atoms. The first kappa shape index (κ1) is 14.8. The highest BCUT2D eigenvalue weighted by Gasteiger charge is 2.17. The van der Waals surface area contributed by atoms with E-state index in [2.05, 4.69) is 15.3 Å². The first-order chi connectivity index (χ1) is 10.7. The molecule has 116 valence electrons. The number of para-hydroxylation sites is 1. The van der Waals surface area contributed by atoms with Gasteiger partial charge in [-0.1, -0.05) is 18.2 Å². The number of hydrogen-bond acceptors (Lipinski definition) is 4. The van der Waals surface area contributed by atoms with Gasteiger partial charge in [0.05, 0.1) is 5.69 Å². The lowest BCUT2D eigenvalue weighted by Crippen LogP contribution is -2.28. The minimum atomic E-state index is -0.105. The number of nitrogens with one attached hydrogen (secondary N) is 2. The average Bonchev–Trinajstić information content (AvgIpc) is 2.54. The summed E-state index contributed by atoms with van der Waals surface area (Å²) >= 11 is 0. The molecule has 2 heterocycles. The molecule has 0 bridgehead atoms. The molecule has 2 aromatic rings. The number of aromatic amines is 1. The third kappa shape index (κ3) is 3.54. The molecule has 1 aliphatic rings. The molecule has 3 rings (SSSR count). The summed E-state index contributed by atoms with van der Waals surface area (Å²) < 4.78 is 5.78. The predicted molar refractivity (Wildman–Crippen MR) is 85.2 cm³/mol. The van der Waals surface area contributed by atoms with Gasteiger partial charge in [0.2, 0.25) is 0 Å². The summed E-state index contributed by atoms with van der Waals surface area (Å²) in [4.78, 5) is 19.2. The van der Waals surface area contributed by atoms with Crippen LogP contribution in [-0.4, -0.2) is 23.1 Å². The van der Waals surface area contributed by atoms with Gasteiger partial charge in [-0.05, 0) is 44.5 Å². The summed E-state index contributed by atoms with van der Waals surface area (Å²) in [6.07, 6.45) is 2.04. The fourth-order valence-corrected chi connectivity index (χ4v) is 2.79. The van der Waals surface area contributed by atoms with Gasteiger partial charge in [-0.15, -0.1) is 0 Å². The second-order valence-corrected chi connectivity index (χ2v) is 5.70. The van der Waals surface area contributed by atoms with E-state index in [1.165, 1.54) is 0 Å². The molecule has 0 amide bonds. The Bertz CT molecular complexity index is 690. The molecule has 0 radical (unpaired) electrons. The van der Waals surface area contributed by atoms with Crippen molar-refractivity contribution in [2.75, 3.05) is 13.1 Å². The van der Waals surface area contributed by atoms with Crippen LogP contribution in [0.4, 0.5) is 0 Å². The molecule has 1 saturated heterocycles. The minimum Gasteiger partial charge on any atom is -0.485 e. The van der Waals surface area contributed by atoms with Crippen LogP contribution in [0.25, 0.3) is 0 Å². The van der Waals surface area contributed by atoms with Gasteiger partial charge in [0.1, 0.15) is 18.2 Å². The smallest absolute Gasteiger partial charge is 0.251 e. The summed E-state index contributed by atoms with van der Waals surface area (Å²) in [5.41, 5.74) is 1.85. The fraction of sp³-hybridized carbons (Fsp3) is 0.412. The van der Waals surface area contributed by atoms with Crippen molar-refractivity contribution in [1.29, 1.82) is 0 Å². The molecular formula is C17H21N3O2. The van der Waals surface area contributed by atoms with Crippen LogP contribution in [0.1, 0.15) is 35.8 Å². The number of rotatable bonds is 4. The van der Waals surface area contributed by atoms with E-state index in [9.17, 15) is 4.79 Å². The SMILES string of the molecule is Cc1ccccc1OCc1nc(C2CCNCC2)cc(=O)[nH]1. The molecule has 0 unspecified atom stereocenters. The maximum Gasteiger partial charge on any atom is 0.251 e. The predicted octanol–water partition coefficient (Wildman–Crippen LogP) is 2.12. The van der Waals surface area contributed by atoms with Crippen LogP contribution in [0.2, 0.25) is 0 Å². The number of aromatic nitrogens is 2. The summed E-state index contributed by atoms with van der Waals surface area (Å²) in [7, 11) is 0. The van der Waals surface area contributed by atoms with E-state index in [1.807, 2.05) is 31.2 Å². The van der Waals surface area contributed by atoms with Gasteiger partial charge in [0.15, 0.2) is 0 Å². The summed E-state index contributed by atoms with van der Waals surface area (Å²) in [5.74, 6) is 1.77. The molecule has 5 nitrogen and oxygen atoms in total. The van der Waals surface area contributed by atoms with Crippen molar-refractivity contribution in [3.63, 3.8) is 0 Å². The van der Waals surface area contributed by atoms with E-state index in [0.717, 1.165) is 42.9 Å². The van der Waals surface area contributed by atoms with Gasteiger partial charge in [-0.25, -0.2) is 4.98 Å². The number of aryl methyl sites for hydroxylation is 1. The van der Waals surface area contributed by atoms with Crippen molar-refractivity contribution in [2.24, 2.45) is 0 Å². The van der Waals surface area contributed by atoms with Gasteiger partial charge >= 0.3 is 0 Å². The van der Waals surface area contributed by atoms with Crippen LogP contribution in [0.15, 0.2) is 35.1 Å². The van der Waals surface area contributed by atoms with Crippen LogP contribution in [0.3, 0.4) is 0 Å². The Morgan fingerprint density at radius 3 is 2.82 bits per heavy atom. The van der Waals surface area contributed by atoms with Crippen LogP contribution in [0.5, 0.6) is 5.75 Å². The van der Waals surface area contributed by atoms with Gasteiger partial charge in [0.25, 0.3) is 5.56 Å². The number of hydrogen-bond donors (Lipinski definition) is 2. The maximum atomic E-state index is 11.9. The average molecular weight is 299 g/mol. The lowest BCUT2D eigenvalue weighted by Gasteiger charge is -2.22. The van der Waals surface area contributed by atoms with Crippen molar-refractivity contribution < 1.29 is 4.74 Å². The third-order valence-electron chi connectivity index (χ3n) is 4.03. The highest BCUT2D eigenvalue weighted by molar-refractivity contribution is 5.31. The highest BCUT2D eigenvalue weighted by atomic mass is 16.5. The zero-order valence-corrected chi connectivity index (χ0v) is 12.8. The molecule has 0 aliphatic carbocycles. The molecule has 1 aliphatic heterocycles. The molecule has 5 heteroatoms. The largest absolute Gasteiger partial charge is 0.485 e. The molecule has 1 aromatic carbocycles. The van der Waals surface area contributed by atoms with Gasteiger partial charge in [-0.3, -0.25) is 4.79 Å². The van der Waals surface area contributed by atoms with Crippen LogP contribution >= 0.6 is 0 Å². The Kier molecular flexibility index (Phi) is 4.53. The standard InChI is InChI=1S/C17H21N3O2/c1-12-4-2-3-5-15(12)22-11-16-19-14(10-17(21)20-16)13-6-8-18-9-7-13/h2-5,10,13,18H,6-9,11H2,1H3,(H,19,20,21). The fourth-order valence-electron chi connectivity index (χ4n) is 2.79. The van der Waals surface area contributed by atoms with E-state index < -0.39 is 0 Å². The van der Waals surface area contributed by atoms with Crippen molar-refractivity contribution in [3.8, 4) is 5.75 Å². The summed E-state index contributed by atoms with van der Waals surface area (Å²) in [5, 5.41) is 3.33. The number of H-pyrrole nitrogens is 1. The van der Waals surface area contributed by atoms with Gasteiger partial charge < -0.3 is 15.0 Å². The second-order valence-electron chi connectivity index (χ2n) is 5.70. The Morgan fingerprint density at radius 1 is 1.27 bits per heavy atom. The van der Waals surface area contributed by atoms with Crippen molar-refractivity contribution >= 4 is 0 Å². The molecule has 2 N–H and O–H groups in total. The summed E-state index contributed by atoms with van der Waals surface area (Å²) in [6.45, 7) is 4.23. The van der Waals surface area contributed by atoms with E-state index in [-0.39, 0.29) is 12.2 Å². The Morgan fingerprint density at radius 2 is 2.05 bits per heavy atom. The molecule has 0 atom stereocenters.